The Morgan fingerprint density at radius 3 is 2.56 bits per heavy atom. The average Bonchev–Trinajstić information content (AvgIpc) is 3.06. The van der Waals surface area contributed by atoms with E-state index in [1.807, 2.05) is 19.1 Å². The third-order valence-corrected chi connectivity index (χ3v) is 3.50. The zero-order chi connectivity index (χ0) is 11.6. The Balaban J connectivity index is 2.07. The molecule has 0 bridgehead atoms. The van der Waals surface area contributed by atoms with Crippen LogP contribution >= 0.6 is 0 Å². The number of aliphatic hydroxyl groups excluding tert-OH is 1. The van der Waals surface area contributed by atoms with Gasteiger partial charge in [0.2, 0.25) is 0 Å². The summed E-state index contributed by atoms with van der Waals surface area (Å²) in [6.45, 7) is 3.40. The normalized spacial score (nSPS) is 27.8. The molecule has 3 heteroatoms. The quantitative estimate of drug-likeness (QED) is 0.792. The van der Waals surface area contributed by atoms with Gasteiger partial charge < -0.3 is 15.6 Å². The molecule has 1 fully saturated rings. The molecule has 0 unspecified atom stereocenters. The van der Waals surface area contributed by atoms with Gasteiger partial charge >= 0.3 is 0 Å². The van der Waals surface area contributed by atoms with Crippen LogP contribution in [-0.2, 0) is 0 Å². The standard InChI is InChI=1S/C13H19NO2/c1-2-16-11-5-3-10(4-6-11)12-7-13(12,8-14)9-15/h3-6,12,15H,2,7-9,14H2,1H3/t12-,13+/m1/s1. The zero-order valence-corrected chi connectivity index (χ0v) is 9.65. The summed E-state index contributed by atoms with van der Waals surface area (Å²) >= 11 is 0. The summed E-state index contributed by atoms with van der Waals surface area (Å²) in [5, 5.41) is 9.32. The van der Waals surface area contributed by atoms with E-state index < -0.39 is 0 Å². The molecule has 2 rings (SSSR count). The summed E-state index contributed by atoms with van der Waals surface area (Å²) in [5.41, 5.74) is 6.89. The molecule has 3 N–H and O–H groups in total. The number of nitrogens with two attached hydrogens (primary N) is 1. The minimum atomic E-state index is -0.0624. The fourth-order valence-electron chi connectivity index (χ4n) is 2.25. The number of benzene rings is 1. The third kappa shape index (κ3) is 1.93. The molecule has 0 heterocycles. The second kappa shape index (κ2) is 4.44. The van der Waals surface area contributed by atoms with Crippen molar-refractivity contribution in [2.75, 3.05) is 19.8 Å². The molecule has 3 nitrogen and oxygen atoms in total. The fourth-order valence-corrected chi connectivity index (χ4v) is 2.25. The molecule has 88 valence electrons. The van der Waals surface area contributed by atoms with Gasteiger partial charge in [0.05, 0.1) is 13.2 Å². The Kier molecular flexibility index (Phi) is 3.17. The Morgan fingerprint density at radius 1 is 1.44 bits per heavy atom. The van der Waals surface area contributed by atoms with E-state index in [-0.39, 0.29) is 12.0 Å². The highest BCUT2D eigenvalue weighted by Gasteiger charge is 2.53. The molecule has 1 saturated carbocycles. The van der Waals surface area contributed by atoms with Gasteiger partial charge in [-0.1, -0.05) is 12.1 Å². The zero-order valence-electron chi connectivity index (χ0n) is 9.65. The molecule has 0 saturated heterocycles. The maximum atomic E-state index is 9.32. The molecule has 0 radical (unpaired) electrons. The Bertz CT molecular complexity index is 343. The number of hydrogen-bond donors (Lipinski definition) is 2. The summed E-state index contributed by atoms with van der Waals surface area (Å²) < 4.78 is 5.39. The van der Waals surface area contributed by atoms with E-state index in [1.165, 1.54) is 5.56 Å². The van der Waals surface area contributed by atoms with Crippen LogP contribution in [0.25, 0.3) is 0 Å². The van der Waals surface area contributed by atoms with Gasteiger partial charge in [-0.25, -0.2) is 0 Å². The first-order valence-corrected chi connectivity index (χ1v) is 5.79. The second-order valence-corrected chi connectivity index (χ2v) is 4.48. The summed E-state index contributed by atoms with van der Waals surface area (Å²) in [7, 11) is 0. The molecule has 0 amide bonds. The lowest BCUT2D eigenvalue weighted by atomic mass is 10.00. The van der Waals surface area contributed by atoms with Crippen LogP contribution in [0.3, 0.4) is 0 Å². The molecule has 0 aromatic heterocycles. The predicted molar refractivity (Wildman–Crippen MR) is 63.5 cm³/mol. The van der Waals surface area contributed by atoms with Gasteiger partial charge in [-0.05, 0) is 37.0 Å². The molecular weight excluding hydrogens is 202 g/mol. The van der Waals surface area contributed by atoms with Crippen LogP contribution in [0.15, 0.2) is 24.3 Å². The molecule has 2 atom stereocenters. The van der Waals surface area contributed by atoms with Crippen molar-refractivity contribution in [2.45, 2.75) is 19.3 Å². The Hall–Kier alpha value is -1.06. The smallest absolute Gasteiger partial charge is 0.119 e. The number of rotatable bonds is 5. The molecular formula is C13H19NO2. The average molecular weight is 221 g/mol. The SMILES string of the molecule is CCOc1ccc([C@H]2C[C@]2(CN)CO)cc1. The van der Waals surface area contributed by atoms with Crippen LogP contribution in [0.5, 0.6) is 5.75 Å². The van der Waals surface area contributed by atoms with Crippen LogP contribution < -0.4 is 10.5 Å². The van der Waals surface area contributed by atoms with Crippen LogP contribution in [-0.4, -0.2) is 24.9 Å². The monoisotopic (exact) mass is 221 g/mol. The van der Waals surface area contributed by atoms with Crippen molar-refractivity contribution in [3.05, 3.63) is 29.8 Å². The van der Waals surface area contributed by atoms with Crippen molar-refractivity contribution in [3.8, 4) is 5.75 Å². The highest BCUT2D eigenvalue weighted by Crippen LogP contribution is 2.58. The lowest BCUT2D eigenvalue weighted by Gasteiger charge is -2.11. The number of ether oxygens (including phenoxy) is 1. The minimum Gasteiger partial charge on any atom is -0.494 e. The van der Waals surface area contributed by atoms with Crippen molar-refractivity contribution >= 4 is 0 Å². The second-order valence-electron chi connectivity index (χ2n) is 4.48. The first-order valence-electron chi connectivity index (χ1n) is 5.79. The van der Waals surface area contributed by atoms with Gasteiger partial charge in [0.15, 0.2) is 0 Å². The van der Waals surface area contributed by atoms with Gasteiger partial charge in [0.1, 0.15) is 5.75 Å². The fraction of sp³-hybridized carbons (Fsp3) is 0.538. The van der Waals surface area contributed by atoms with Gasteiger partial charge in [0.25, 0.3) is 0 Å². The largest absolute Gasteiger partial charge is 0.494 e. The molecule has 1 aromatic rings. The van der Waals surface area contributed by atoms with Crippen molar-refractivity contribution in [2.24, 2.45) is 11.1 Å². The van der Waals surface area contributed by atoms with Crippen molar-refractivity contribution in [3.63, 3.8) is 0 Å². The van der Waals surface area contributed by atoms with Gasteiger partial charge in [-0.2, -0.15) is 0 Å². The van der Waals surface area contributed by atoms with Gasteiger partial charge in [-0.15, -0.1) is 0 Å². The molecule has 0 spiro atoms. The van der Waals surface area contributed by atoms with Crippen molar-refractivity contribution < 1.29 is 9.84 Å². The summed E-state index contributed by atoms with van der Waals surface area (Å²) in [4.78, 5) is 0. The van der Waals surface area contributed by atoms with E-state index >= 15 is 0 Å². The summed E-state index contributed by atoms with van der Waals surface area (Å²) in [5.74, 6) is 1.31. The highest BCUT2D eigenvalue weighted by molar-refractivity contribution is 5.35. The highest BCUT2D eigenvalue weighted by atomic mass is 16.5. The Morgan fingerprint density at radius 2 is 2.12 bits per heavy atom. The van der Waals surface area contributed by atoms with E-state index in [4.69, 9.17) is 10.5 Å². The van der Waals surface area contributed by atoms with Crippen molar-refractivity contribution in [1.82, 2.24) is 0 Å². The Labute approximate surface area is 96.2 Å². The van der Waals surface area contributed by atoms with Crippen LogP contribution in [0.1, 0.15) is 24.8 Å². The lowest BCUT2D eigenvalue weighted by molar-refractivity contribution is 0.211. The van der Waals surface area contributed by atoms with Gasteiger partial charge in [0, 0.05) is 12.0 Å². The number of hydrogen-bond acceptors (Lipinski definition) is 3. The first kappa shape index (κ1) is 11.4. The first-order chi connectivity index (χ1) is 7.75. The van der Waals surface area contributed by atoms with Gasteiger partial charge in [-0.3, -0.25) is 0 Å². The molecule has 1 aliphatic rings. The van der Waals surface area contributed by atoms with Crippen molar-refractivity contribution in [1.29, 1.82) is 0 Å². The van der Waals surface area contributed by atoms with E-state index in [2.05, 4.69) is 12.1 Å². The van der Waals surface area contributed by atoms with Crippen LogP contribution in [0, 0.1) is 5.41 Å². The van der Waals surface area contributed by atoms with Crippen LogP contribution in [0.2, 0.25) is 0 Å². The maximum absolute atomic E-state index is 9.32. The molecule has 0 aliphatic heterocycles. The molecule has 16 heavy (non-hydrogen) atoms. The summed E-state index contributed by atoms with van der Waals surface area (Å²) in [6.07, 6.45) is 0.994. The van der Waals surface area contributed by atoms with E-state index in [0.717, 1.165) is 12.2 Å². The minimum absolute atomic E-state index is 0.0624. The lowest BCUT2D eigenvalue weighted by Crippen LogP contribution is -2.21. The molecule has 1 aliphatic carbocycles. The van der Waals surface area contributed by atoms with E-state index in [1.54, 1.807) is 0 Å². The maximum Gasteiger partial charge on any atom is 0.119 e. The van der Waals surface area contributed by atoms with E-state index in [9.17, 15) is 5.11 Å². The van der Waals surface area contributed by atoms with Crippen LogP contribution in [0.4, 0.5) is 0 Å². The van der Waals surface area contributed by atoms with E-state index in [0.29, 0.717) is 19.1 Å². The third-order valence-electron chi connectivity index (χ3n) is 3.50. The molecule has 1 aromatic carbocycles. The number of aliphatic hydroxyl groups is 1. The summed E-state index contributed by atoms with van der Waals surface area (Å²) in [6, 6.07) is 8.11. The topological polar surface area (TPSA) is 55.5 Å². The predicted octanol–water partition coefficient (Wildman–Crippen LogP) is 1.51.